The van der Waals surface area contributed by atoms with Crippen molar-refractivity contribution in [2.24, 2.45) is 0 Å². The second-order valence-corrected chi connectivity index (χ2v) is 5.27. The lowest BCUT2D eigenvalue weighted by Crippen LogP contribution is -2.07. The lowest BCUT2D eigenvalue weighted by Gasteiger charge is -2.24. The fraction of sp³-hybridized carbons (Fsp3) is 0.438. The number of non-ortho nitro benzene ring substituents is 1. The smallest absolute Gasteiger partial charge is 0.309 e. The van der Waals surface area contributed by atoms with Crippen LogP contribution in [0.25, 0.3) is 0 Å². The Kier molecular flexibility index (Phi) is 5.09. The standard InChI is InChI=1S/C16H19NO4/c1-21-16(18)11-4-12-2-5-13(6-3-12)14-7-9-15(10-8-14)17(19)20/h4,7-10,13H,2-3,5-6,11H2,1H3. The molecule has 0 aliphatic heterocycles. The number of hydrogen-bond acceptors (Lipinski definition) is 4. The summed E-state index contributed by atoms with van der Waals surface area (Å²) in [5, 5.41) is 10.6. The number of nitro groups is 1. The van der Waals surface area contributed by atoms with Gasteiger partial charge in [0.1, 0.15) is 0 Å². The molecule has 5 nitrogen and oxygen atoms in total. The highest BCUT2D eigenvalue weighted by molar-refractivity contribution is 5.71. The number of hydrogen-bond donors (Lipinski definition) is 0. The Morgan fingerprint density at radius 1 is 1.33 bits per heavy atom. The molecule has 0 N–H and O–H groups in total. The normalized spacial score (nSPS) is 18.1. The van der Waals surface area contributed by atoms with Crippen LogP contribution in [0.3, 0.4) is 0 Å². The zero-order valence-electron chi connectivity index (χ0n) is 12.1. The monoisotopic (exact) mass is 289 g/mol. The topological polar surface area (TPSA) is 69.4 Å². The van der Waals surface area contributed by atoms with E-state index >= 15 is 0 Å². The number of ether oxygens (including phenoxy) is 1. The van der Waals surface area contributed by atoms with Gasteiger partial charge in [0, 0.05) is 12.1 Å². The first-order valence-corrected chi connectivity index (χ1v) is 7.09. The zero-order chi connectivity index (χ0) is 15.2. The van der Waals surface area contributed by atoms with E-state index in [-0.39, 0.29) is 16.6 Å². The number of carbonyl (C=O) groups excluding carboxylic acids is 1. The molecule has 21 heavy (non-hydrogen) atoms. The minimum Gasteiger partial charge on any atom is -0.469 e. The van der Waals surface area contributed by atoms with Crippen LogP contribution in [0.15, 0.2) is 35.9 Å². The summed E-state index contributed by atoms with van der Waals surface area (Å²) in [6, 6.07) is 6.84. The molecule has 0 aromatic heterocycles. The first kappa shape index (κ1) is 15.2. The maximum Gasteiger partial charge on any atom is 0.309 e. The Morgan fingerprint density at radius 3 is 2.48 bits per heavy atom. The summed E-state index contributed by atoms with van der Waals surface area (Å²) < 4.78 is 4.62. The predicted octanol–water partition coefficient (Wildman–Crippen LogP) is 3.74. The van der Waals surface area contributed by atoms with Crippen LogP contribution in [-0.4, -0.2) is 18.0 Å². The molecule has 0 saturated heterocycles. The van der Waals surface area contributed by atoms with Crippen LogP contribution in [-0.2, 0) is 9.53 Å². The van der Waals surface area contributed by atoms with Crippen LogP contribution in [0, 0.1) is 10.1 Å². The molecule has 1 aliphatic rings. The molecule has 0 atom stereocenters. The van der Waals surface area contributed by atoms with E-state index in [4.69, 9.17) is 0 Å². The summed E-state index contributed by atoms with van der Waals surface area (Å²) in [6.07, 6.45) is 6.29. The first-order chi connectivity index (χ1) is 10.1. The van der Waals surface area contributed by atoms with Gasteiger partial charge in [0.25, 0.3) is 5.69 Å². The minimum atomic E-state index is -0.377. The van der Waals surface area contributed by atoms with Crippen LogP contribution in [0.2, 0.25) is 0 Å². The largest absolute Gasteiger partial charge is 0.469 e. The lowest BCUT2D eigenvalue weighted by molar-refractivity contribution is -0.384. The van der Waals surface area contributed by atoms with Crippen LogP contribution in [0.1, 0.15) is 43.6 Å². The van der Waals surface area contributed by atoms with E-state index in [1.54, 1.807) is 12.1 Å². The van der Waals surface area contributed by atoms with Crippen molar-refractivity contribution in [3.05, 3.63) is 51.6 Å². The fourth-order valence-electron chi connectivity index (χ4n) is 2.71. The third-order valence-corrected chi connectivity index (χ3v) is 3.99. The third-order valence-electron chi connectivity index (χ3n) is 3.99. The molecule has 2 rings (SSSR count). The van der Waals surface area contributed by atoms with Crippen molar-refractivity contribution in [3.8, 4) is 0 Å². The van der Waals surface area contributed by atoms with Crippen LogP contribution < -0.4 is 0 Å². The first-order valence-electron chi connectivity index (χ1n) is 7.09. The molecule has 112 valence electrons. The summed E-state index contributed by atoms with van der Waals surface area (Å²) in [7, 11) is 1.40. The van der Waals surface area contributed by atoms with E-state index in [0.717, 1.165) is 31.2 Å². The molecule has 0 unspecified atom stereocenters. The number of rotatable bonds is 4. The van der Waals surface area contributed by atoms with Crippen molar-refractivity contribution in [2.75, 3.05) is 7.11 Å². The van der Waals surface area contributed by atoms with Crippen molar-refractivity contribution in [1.29, 1.82) is 0 Å². The Hall–Kier alpha value is -2.17. The predicted molar refractivity (Wildman–Crippen MR) is 79.0 cm³/mol. The Balaban J connectivity index is 1.91. The van der Waals surface area contributed by atoms with Crippen molar-refractivity contribution in [1.82, 2.24) is 0 Å². The summed E-state index contributed by atoms with van der Waals surface area (Å²) >= 11 is 0. The molecule has 0 heterocycles. The maximum absolute atomic E-state index is 11.1. The van der Waals surface area contributed by atoms with Gasteiger partial charge in [0.2, 0.25) is 0 Å². The third kappa shape index (κ3) is 4.15. The van der Waals surface area contributed by atoms with Gasteiger partial charge in [-0.15, -0.1) is 0 Å². The lowest BCUT2D eigenvalue weighted by atomic mass is 9.81. The van der Waals surface area contributed by atoms with Gasteiger partial charge in [0.05, 0.1) is 18.5 Å². The van der Waals surface area contributed by atoms with Gasteiger partial charge in [-0.05, 0) is 37.2 Å². The van der Waals surface area contributed by atoms with Gasteiger partial charge >= 0.3 is 5.97 Å². The van der Waals surface area contributed by atoms with Crippen molar-refractivity contribution >= 4 is 11.7 Å². The zero-order valence-corrected chi connectivity index (χ0v) is 12.1. The van der Waals surface area contributed by atoms with E-state index < -0.39 is 0 Å². The highest BCUT2D eigenvalue weighted by Crippen LogP contribution is 2.36. The molecule has 1 saturated carbocycles. The highest BCUT2D eigenvalue weighted by Gasteiger charge is 2.19. The Morgan fingerprint density at radius 2 is 1.95 bits per heavy atom. The molecule has 0 radical (unpaired) electrons. The van der Waals surface area contributed by atoms with Gasteiger partial charge in [-0.25, -0.2) is 0 Å². The number of nitro benzene ring substituents is 1. The van der Waals surface area contributed by atoms with Crippen molar-refractivity contribution in [2.45, 2.75) is 38.0 Å². The molecule has 0 spiro atoms. The second kappa shape index (κ2) is 7.02. The van der Waals surface area contributed by atoms with Crippen molar-refractivity contribution < 1.29 is 14.5 Å². The molecule has 1 aromatic carbocycles. The minimum absolute atomic E-state index is 0.133. The Bertz CT molecular complexity index is 538. The quantitative estimate of drug-likeness (QED) is 0.366. The van der Waals surface area contributed by atoms with Gasteiger partial charge < -0.3 is 4.74 Å². The molecule has 1 fully saturated rings. The summed E-state index contributed by atoms with van der Waals surface area (Å²) in [6.45, 7) is 0. The number of allylic oxidation sites excluding steroid dienone is 1. The molecule has 1 aliphatic carbocycles. The van der Waals surface area contributed by atoms with Crippen LogP contribution >= 0.6 is 0 Å². The average Bonchev–Trinajstić information content (AvgIpc) is 2.53. The highest BCUT2D eigenvalue weighted by atomic mass is 16.6. The van der Waals surface area contributed by atoms with Gasteiger partial charge in [-0.3, -0.25) is 14.9 Å². The van der Waals surface area contributed by atoms with Crippen LogP contribution in [0.4, 0.5) is 5.69 Å². The fourth-order valence-corrected chi connectivity index (χ4v) is 2.71. The van der Waals surface area contributed by atoms with E-state index in [1.165, 1.54) is 12.7 Å². The molecule has 0 bridgehead atoms. The summed E-state index contributed by atoms with van der Waals surface area (Å²) in [5.41, 5.74) is 2.60. The molecular formula is C16H19NO4. The number of methoxy groups -OCH3 is 1. The number of esters is 1. The van der Waals surface area contributed by atoms with E-state index in [0.29, 0.717) is 12.3 Å². The van der Waals surface area contributed by atoms with Crippen LogP contribution in [0.5, 0.6) is 0 Å². The molecular weight excluding hydrogens is 270 g/mol. The van der Waals surface area contributed by atoms with E-state index in [1.807, 2.05) is 18.2 Å². The SMILES string of the molecule is COC(=O)CC=C1CCC(c2ccc([N+](=O)[O-])cc2)CC1. The number of carbonyl (C=O) groups is 1. The van der Waals surface area contributed by atoms with E-state index in [9.17, 15) is 14.9 Å². The molecule has 1 aromatic rings. The average molecular weight is 289 g/mol. The second-order valence-electron chi connectivity index (χ2n) is 5.27. The number of benzene rings is 1. The number of nitrogens with zero attached hydrogens (tertiary/aromatic N) is 1. The summed E-state index contributed by atoms with van der Waals surface area (Å²) in [4.78, 5) is 21.4. The van der Waals surface area contributed by atoms with E-state index in [2.05, 4.69) is 4.74 Å². The Labute approximate surface area is 123 Å². The molecule has 5 heteroatoms. The van der Waals surface area contributed by atoms with Gasteiger partial charge in [-0.1, -0.05) is 23.8 Å². The maximum atomic E-state index is 11.1. The van der Waals surface area contributed by atoms with Crippen molar-refractivity contribution in [3.63, 3.8) is 0 Å². The molecule has 0 amide bonds. The summed E-state index contributed by atoms with van der Waals surface area (Å²) in [5.74, 6) is 0.237. The van der Waals surface area contributed by atoms with Gasteiger partial charge in [-0.2, -0.15) is 0 Å². The van der Waals surface area contributed by atoms with Gasteiger partial charge in [0.15, 0.2) is 0 Å².